The maximum absolute atomic E-state index is 14.2. The molecular formula is C32H46BFN2O4. The van der Waals surface area contributed by atoms with Crippen molar-refractivity contribution in [3.63, 3.8) is 0 Å². The fourth-order valence-electron chi connectivity index (χ4n) is 5.82. The summed E-state index contributed by atoms with van der Waals surface area (Å²) in [6.45, 7) is 17.9. The fourth-order valence-corrected chi connectivity index (χ4v) is 5.82. The zero-order valence-electron chi connectivity index (χ0n) is 25.7. The number of rotatable bonds is 6. The van der Waals surface area contributed by atoms with Gasteiger partial charge in [0.05, 0.1) is 11.2 Å². The topological polar surface area (TPSA) is 51.2 Å². The second kappa shape index (κ2) is 11.1. The number of piperidine rings is 1. The molecule has 40 heavy (non-hydrogen) atoms. The molecule has 2 aromatic carbocycles. The highest BCUT2D eigenvalue weighted by molar-refractivity contribution is 6.49. The van der Waals surface area contributed by atoms with E-state index in [0.717, 1.165) is 30.6 Å². The van der Waals surface area contributed by atoms with E-state index in [1.807, 2.05) is 103 Å². The van der Waals surface area contributed by atoms with Crippen LogP contribution in [0.1, 0.15) is 78.9 Å². The van der Waals surface area contributed by atoms with E-state index in [2.05, 4.69) is 11.9 Å². The lowest BCUT2D eigenvalue weighted by Crippen LogP contribution is -2.61. The molecule has 0 aliphatic carbocycles. The van der Waals surface area contributed by atoms with Crippen molar-refractivity contribution in [1.82, 2.24) is 9.80 Å². The summed E-state index contributed by atoms with van der Waals surface area (Å²) < 4.78 is 33.2. The van der Waals surface area contributed by atoms with E-state index in [1.165, 1.54) is 12.1 Å². The van der Waals surface area contributed by atoms with Crippen molar-refractivity contribution in [1.29, 1.82) is 0 Å². The monoisotopic (exact) mass is 552 g/mol. The first-order chi connectivity index (χ1) is 18.5. The molecule has 2 aromatic rings. The van der Waals surface area contributed by atoms with Gasteiger partial charge in [0.25, 0.3) is 0 Å². The minimum Gasteiger partial charge on any atom is -0.444 e. The summed E-state index contributed by atoms with van der Waals surface area (Å²) in [4.78, 5) is 18.4. The van der Waals surface area contributed by atoms with Gasteiger partial charge in [0.15, 0.2) is 0 Å². The molecule has 0 spiro atoms. The minimum atomic E-state index is -1.00. The smallest absolute Gasteiger partial charge is 0.444 e. The first kappa shape index (κ1) is 30.5. The number of hydrogen-bond acceptors (Lipinski definition) is 5. The summed E-state index contributed by atoms with van der Waals surface area (Å²) in [5.74, 6) is -0.0248. The van der Waals surface area contributed by atoms with Crippen LogP contribution in [0, 0.1) is 11.7 Å². The van der Waals surface area contributed by atoms with E-state index in [1.54, 1.807) is 0 Å². The van der Waals surface area contributed by atoms with E-state index >= 15 is 0 Å². The van der Waals surface area contributed by atoms with Crippen LogP contribution in [0.15, 0.2) is 54.6 Å². The number of likely N-dealkylation sites (tertiary alicyclic amines) is 1. The molecule has 2 fully saturated rings. The summed E-state index contributed by atoms with van der Waals surface area (Å²) in [5, 5.41) is 0. The maximum atomic E-state index is 14.2. The summed E-state index contributed by atoms with van der Waals surface area (Å²) in [5.41, 5.74) is -0.882. The van der Waals surface area contributed by atoms with Gasteiger partial charge in [0, 0.05) is 13.1 Å². The lowest BCUT2D eigenvalue weighted by molar-refractivity contribution is -0.00392. The third-order valence-corrected chi connectivity index (χ3v) is 8.90. The number of amides is 1. The van der Waals surface area contributed by atoms with Crippen molar-refractivity contribution >= 4 is 13.2 Å². The van der Waals surface area contributed by atoms with Crippen LogP contribution in [-0.4, -0.2) is 66.5 Å². The SMILES string of the molecule is CN1CC[C@@H](c2ccc(F)cc2)[C@H](CN(C(=O)OC(C)(C)C)C(C)(B2OC(C)(C)C(C)(C)O2)c2ccccc2)C1. The quantitative estimate of drug-likeness (QED) is 0.376. The molecular weight excluding hydrogens is 506 g/mol. The van der Waals surface area contributed by atoms with E-state index < -0.39 is 35.5 Å². The summed E-state index contributed by atoms with van der Waals surface area (Å²) in [6.07, 6.45) is 0.493. The molecule has 8 heteroatoms. The second-order valence-corrected chi connectivity index (χ2v) is 13.7. The van der Waals surface area contributed by atoms with Crippen LogP contribution in [0.3, 0.4) is 0 Å². The Bertz CT molecular complexity index is 1150. The van der Waals surface area contributed by atoms with Gasteiger partial charge >= 0.3 is 13.2 Å². The number of benzene rings is 2. The second-order valence-electron chi connectivity index (χ2n) is 13.7. The zero-order chi connectivity index (χ0) is 29.5. The molecule has 2 saturated heterocycles. The summed E-state index contributed by atoms with van der Waals surface area (Å²) in [6, 6.07) is 16.8. The number of carbonyl (C=O) groups is 1. The number of carbonyl (C=O) groups excluding carboxylic acids is 1. The first-order valence-electron chi connectivity index (χ1n) is 14.4. The van der Waals surface area contributed by atoms with Gasteiger partial charge in [-0.2, -0.15) is 0 Å². The van der Waals surface area contributed by atoms with Crippen molar-refractivity contribution in [2.45, 2.75) is 90.0 Å². The van der Waals surface area contributed by atoms with Crippen molar-refractivity contribution in [2.75, 3.05) is 26.7 Å². The van der Waals surface area contributed by atoms with Crippen molar-refractivity contribution in [2.24, 2.45) is 5.92 Å². The van der Waals surface area contributed by atoms with Gasteiger partial charge in [-0.1, -0.05) is 42.5 Å². The zero-order valence-corrected chi connectivity index (χ0v) is 25.7. The Morgan fingerprint density at radius 1 is 1.02 bits per heavy atom. The molecule has 0 aromatic heterocycles. The van der Waals surface area contributed by atoms with Crippen molar-refractivity contribution in [3.8, 4) is 0 Å². The summed E-state index contributed by atoms with van der Waals surface area (Å²) in [7, 11) is 1.37. The van der Waals surface area contributed by atoms with Gasteiger partial charge in [0.2, 0.25) is 0 Å². The maximum Gasteiger partial charge on any atom is 0.490 e. The van der Waals surface area contributed by atoms with Gasteiger partial charge in [-0.25, -0.2) is 9.18 Å². The number of halogens is 1. The number of nitrogens with zero attached hydrogens (tertiary/aromatic N) is 2. The highest BCUT2D eigenvalue weighted by atomic mass is 19.1. The van der Waals surface area contributed by atoms with Gasteiger partial charge in [-0.3, -0.25) is 4.90 Å². The highest BCUT2D eigenvalue weighted by Gasteiger charge is 2.62. The van der Waals surface area contributed by atoms with Crippen LogP contribution in [0.25, 0.3) is 0 Å². The van der Waals surface area contributed by atoms with Gasteiger partial charge in [0.1, 0.15) is 16.9 Å². The largest absolute Gasteiger partial charge is 0.490 e. The van der Waals surface area contributed by atoms with E-state index in [4.69, 9.17) is 14.0 Å². The van der Waals surface area contributed by atoms with E-state index in [0.29, 0.717) is 6.54 Å². The third-order valence-electron chi connectivity index (χ3n) is 8.90. The lowest BCUT2D eigenvalue weighted by atomic mass is 9.60. The van der Waals surface area contributed by atoms with Gasteiger partial charge in [-0.15, -0.1) is 0 Å². The molecule has 2 heterocycles. The lowest BCUT2D eigenvalue weighted by Gasteiger charge is -2.47. The minimum absolute atomic E-state index is 0.0715. The standard InChI is InChI=1S/C32H46BFN2O4/c1-29(2,3)38-28(37)36(22-24-21-35(9)20-19-27(24)23-15-17-26(34)18-16-23)32(8,25-13-11-10-12-14-25)33-39-30(4,5)31(6,7)40-33/h10-18,24,27H,19-22H2,1-9H3/t24-,27-,32?/m0/s1. The Hall–Kier alpha value is -2.42. The third kappa shape index (κ3) is 6.24. The molecule has 0 saturated carbocycles. The van der Waals surface area contributed by atoms with Gasteiger partial charge in [-0.05, 0) is 110 Å². The Morgan fingerprint density at radius 2 is 1.60 bits per heavy atom. The normalized spacial score (nSPS) is 24.4. The van der Waals surface area contributed by atoms with Crippen molar-refractivity contribution in [3.05, 3.63) is 71.5 Å². The predicted octanol–water partition coefficient (Wildman–Crippen LogP) is 6.64. The van der Waals surface area contributed by atoms with Crippen LogP contribution in [0.4, 0.5) is 9.18 Å². The molecule has 0 radical (unpaired) electrons. The van der Waals surface area contributed by atoms with Crippen LogP contribution >= 0.6 is 0 Å². The fraction of sp³-hybridized carbons (Fsp3) is 0.594. The van der Waals surface area contributed by atoms with Crippen molar-refractivity contribution < 1.29 is 23.2 Å². The molecule has 1 amide bonds. The van der Waals surface area contributed by atoms with Gasteiger partial charge < -0.3 is 18.9 Å². The van der Waals surface area contributed by atoms with Crippen LogP contribution < -0.4 is 0 Å². The van der Waals surface area contributed by atoms with Crippen LogP contribution in [0.5, 0.6) is 0 Å². The van der Waals surface area contributed by atoms with E-state index in [9.17, 15) is 9.18 Å². The molecule has 2 aliphatic rings. The molecule has 2 aliphatic heterocycles. The Balaban J connectivity index is 1.82. The molecule has 6 nitrogen and oxygen atoms in total. The first-order valence-corrected chi connectivity index (χ1v) is 14.4. The van der Waals surface area contributed by atoms with E-state index in [-0.39, 0.29) is 17.7 Å². The molecule has 4 rings (SSSR count). The Labute approximate surface area is 240 Å². The molecule has 3 atom stereocenters. The predicted molar refractivity (Wildman–Crippen MR) is 158 cm³/mol. The average molecular weight is 553 g/mol. The Kier molecular flexibility index (Phi) is 8.48. The molecule has 218 valence electrons. The van der Waals surface area contributed by atoms with Crippen LogP contribution in [0.2, 0.25) is 0 Å². The molecule has 0 bridgehead atoms. The summed E-state index contributed by atoms with van der Waals surface area (Å²) >= 11 is 0. The highest BCUT2D eigenvalue weighted by Crippen LogP contribution is 2.46. The Morgan fingerprint density at radius 3 is 2.15 bits per heavy atom. The van der Waals surface area contributed by atoms with Crippen LogP contribution in [-0.2, 0) is 19.5 Å². The number of ether oxygens (including phenoxy) is 1. The average Bonchev–Trinajstić information content (AvgIpc) is 3.09. The molecule has 1 unspecified atom stereocenters. The molecule has 0 N–H and O–H groups in total. The number of hydrogen-bond donors (Lipinski definition) is 0.